The Kier molecular flexibility index (Phi) is 3.77. The molecular weight excluding hydrogens is 384 g/mol. The van der Waals surface area contributed by atoms with E-state index in [2.05, 4.69) is 0 Å². The number of anilines is 1. The summed E-state index contributed by atoms with van der Waals surface area (Å²) in [6.45, 7) is 0.869. The third-order valence-corrected chi connectivity index (χ3v) is 6.67. The maximum atomic E-state index is 15.2. The molecule has 2 aliphatic carbocycles. The Bertz CT molecular complexity index is 1140. The van der Waals surface area contributed by atoms with Crippen molar-refractivity contribution >= 4 is 11.2 Å². The molecule has 1 aliphatic heterocycles. The average Bonchev–Trinajstić information content (AvgIpc) is 3.57. The fraction of sp³-hybridized carbons (Fsp3) is 0.579. The zero-order valence-electron chi connectivity index (χ0n) is 16.0. The molecule has 3 fully saturated rings. The van der Waals surface area contributed by atoms with Crippen LogP contribution < -0.4 is 32.5 Å². The SMILES string of the molecule is COc1c(N2CCC(C3(N)CC3F)C2)c(F)cn2c(=O)n(N)c(=O)c(C3CC3)c12. The number of alkyl halides is 1. The number of pyridine rings is 1. The highest BCUT2D eigenvalue weighted by atomic mass is 19.1. The lowest BCUT2D eigenvalue weighted by atomic mass is 9.97. The maximum Gasteiger partial charge on any atom is 0.354 e. The smallest absolute Gasteiger partial charge is 0.354 e. The Morgan fingerprint density at radius 2 is 1.97 bits per heavy atom. The van der Waals surface area contributed by atoms with Crippen LogP contribution in [0.1, 0.15) is 37.2 Å². The number of methoxy groups -OCH3 is 1. The molecular formula is C19H23F2N5O3. The van der Waals surface area contributed by atoms with Crippen LogP contribution in [-0.2, 0) is 0 Å². The van der Waals surface area contributed by atoms with E-state index in [1.165, 1.54) is 7.11 Å². The minimum absolute atomic E-state index is 0.0440. The molecule has 3 heterocycles. The van der Waals surface area contributed by atoms with Gasteiger partial charge in [0, 0.05) is 19.5 Å². The van der Waals surface area contributed by atoms with Gasteiger partial charge in [-0.3, -0.25) is 9.20 Å². The van der Waals surface area contributed by atoms with Crippen LogP contribution in [0, 0.1) is 11.7 Å². The molecule has 0 amide bonds. The van der Waals surface area contributed by atoms with E-state index in [0.29, 0.717) is 36.2 Å². The van der Waals surface area contributed by atoms with Gasteiger partial charge in [-0.1, -0.05) is 0 Å². The van der Waals surface area contributed by atoms with Gasteiger partial charge < -0.3 is 21.2 Å². The summed E-state index contributed by atoms with van der Waals surface area (Å²) >= 11 is 0. The standard InChI is InChI=1S/C19H23F2N5O3/c1-29-16-14(24-5-4-10(7-24)19(22)6-12(19)21)11(20)8-25-15(16)13(9-2-3-9)17(27)26(23)18(25)28/h8-10,12H,2-7,22-23H2,1H3. The fourth-order valence-corrected chi connectivity index (χ4v) is 4.71. The summed E-state index contributed by atoms with van der Waals surface area (Å²) in [5, 5.41) is 0. The number of rotatable bonds is 4. The van der Waals surface area contributed by atoms with E-state index in [4.69, 9.17) is 16.3 Å². The normalized spacial score (nSPS) is 28.9. The molecule has 0 radical (unpaired) electrons. The summed E-state index contributed by atoms with van der Waals surface area (Å²) in [5.41, 5.74) is 4.65. The Balaban J connectivity index is 1.70. The Morgan fingerprint density at radius 1 is 1.28 bits per heavy atom. The lowest BCUT2D eigenvalue weighted by molar-refractivity contribution is 0.345. The Hall–Kier alpha value is -2.62. The number of ether oxygens (including phenoxy) is 1. The van der Waals surface area contributed by atoms with Gasteiger partial charge >= 0.3 is 5.69 Å². The summed E-state index contributed by atoms with van der Waals surface area (Å²) < 4.78 is 36.0. The number of nitrogen functional groups attached to an aromatic ring is 1. The van der Waals surface area contributed by atoms with Crippen LogP contribution in [0.15, 0.2) is 15.8 Å². The third-order valence-electron chi connectivity index (χ3n) is 6.67. The molecule has 0 bridgehead atoms. The molecule has 3 aliphatic rings. The minimum atomic E-state index is -1.03. The average molecular weight is 407 g/mol. The van der Waals surface area contributed by atoms with Gasteiger partial charge in [0.05, 0.1) is 24.4 Å². The van der Waals surface area contributed by atoms with Crippen LogP contribution in [0.25, 0.3) is 5.52 Å². The van der Waals surface area contributed by atoms with Gasteiger partial charge in [-0.15, -0.1) is 0 Å². The van der Waals surface area contributed by atoms with Gasteiger partial charge in [-0.25, -0.2) is 13.6 Å². The van der Waals surface area contributed by atoms with E-state index in [0.717, 1.165) is 23.4 Å². The highest BCUT2D eigenvalue weighted by molar-refractivity contribution is 5.78. The van der Waals surface area contributed by atoms with Gasteiger partial charge in [-0.05, 0) is 31.1 Å². The highest BCUT2D eigenvalue weighted by Crippen LogP contribution is 2.49. The second kappa shape index (κ2) is 5.94. The molecule has 0 spiro atoms. The fourth-order valence-electron chi connectivity index (χ4n) is 4.71. The molecule has 2 aromatic rings. The summed E-state index contributed by atoms with van der Waals surface area (Å²) in [5.74, 6) is 4.96. The van der Waals surface area contributed by atoms with Gasteiger partial charge in [0.1, 0.15) is 17.4 Å². The molecule has 1 saturated heterocycles. The van der Waals surface area contributed by atoms with E-state index < -0.39 is 28.8 Å². The quantitative estimate of drug-likeness (QED) is 0.714. The number of nitrogens with two attached hydrogens (primary N) is 2. The molecule has 3 atom stereocenters. The van der Waals surface area contributed by atoms with Crippen molar-refractivity contribution in [3.05, 3.63) is 38.4 Å². The summed E-state index contributed by atoms with van der Waals surface area (Å²) in [6.07, 6.45) is 2.55. The van der Waals surface area contributed by atoms with Crippen molar-refractivity contribution in [2.24, 2.45) is 11.7 Å². The first-order chi connectivity index (χ1) is 13.8. The van der Waals surface area contributed by atoms with Crippen LogP contribution in [0.4, 0.5) is 14.5 Å². The monoisotopic (exact) mass is 407 g/mol. The summed E-state index contributed by atoms with van der Waals surface area (Å²) in [4.78, 5) is 27.0. The van der Waals surface area contributed by atoms with Crippen LogP contribution in [0.5, 0.6) is 5.75 Å². The molecule has 10 heteroatoms. The van der Waals surface area contributed by atoms with Gasteiger partial charge in [0.2, 0.25) is 0 Å². The van der Waals surface area contributed by atoms with Crippen LogP contribution >= 0.6 is 0 Å². The number of hydrogen-bond acceptors (Lipinski definition) is 6. The largest absolute Gasteiger partial charge is 0.492 e. The van der Waals surface area contributed by atoms with Gasteiger partial charge in [0.25, 0.3) is 5.56 Å². The van der Waals surface area contributed by atoms with Gasteiger partial charge in [-0.2, -0.15) is 4.68 Å². The van der Waals surface area contributed by atoms with E-state index in [9.17, 15) is 14.0 Å². The first-order valence-electron chi connectivity index (χ1n) is 9.78. The molecule has 5 rings (SSSR count). The van der Waals surface area contributed by atoms with Crippen molar-refractivity contribution in [3.8, 4) is 5.75 Å². The number of halogens is 2. The van der Waals surface area contributed by atoms with Crippen molar-refractivity contribution in [1.29, 1.82) is 0 Å². The number of hydrogen-bond donors (Lipinski definition) is 2. The van der Waals surface area contributed by atoms with E-state index >= 15 is 4.39 Å². The summed E-state index contributed by atoms with van der Waals surface area (Å²) in [7, 11) is 1.38. The second-order valence-electron chi connectivity index (χ2n) is 8.44. The molecule has 29 heavy (non-hydrogen) atoms. The Morgan fingerprint density at radius 3 is 2.55 bits per heavy atom. The maximum absolute atomic E-state index is 15.2. The highest BCUT2D eigenvalue weighted by Gasteiger charge is 2.58. The number of aromatic nitrogens is 2. The number of fused-ring (bicyclic) bond motifs is 1. The van der Waals surface area contributed by atoms with Crippen LogP contribution in [0.3, 0.4) is 0 Å². The third kappa shape index (κ3) is 2.51. The molecule has 0 aromatic carbocycles. The molecule has 3 unspecified atom stereocenters. The second-order valence-corrected chi connectivity index (χ2v) is 8.44. The van der Waals surface area contributed by atoms with Crippen molar-refractivity contribution in [2.45, 2.75) is 43.3 Å². The molecule has 156 valence electrons. The topological polar surface area (TPSA) is 108 Å². The van der Waals surface area contributed by atoms with Crippen molar-refractivity contribution < 1.29 is 13.5 Å². The van der Waals surface area contributed by atoms with Crippen molar-refractivity contribution in [3.63, 3.8) is 0 Å². The predicted molar refractivity (Wildman–Crippen MR) is 103 cm³/mol. The predicted octanol–water partition coefficient (Wildman–Crippen LogP) is 0.466. The van der Waals surface area contributed by atoms with Gasteiger partial charge in [0.15, 0.2) is 11.6 Å². The zero-order valence-corrected chi connectivity index (χ0v) is 16.0. The first kappa shape index (κ1) is 18.4. The van der Waals surface area contributed by atoms with E-state index in [-0.39, 0.29) is 28.8 Å². The van der Waals surface area contributed by atoms with Crippen LogP contribution in [-0.4, -0.2) is 41.0 Å². The first-order valence-corrected chi connectivity index (χ1v) is 9.78. The minimum Gasteiger partial charge on any atom is -0.492 e. The zero-order chi connectivity index (χ0) is 20.7. The van der Waals surface area contributed by atoms with Crippen LogP contribution in [0.2, 0.25) is 0 Å². The lowest BCUT2D eigenvalue weighted by Gasteiger charge is -2.25. The number of nitrogens with zero attached hydrogens (tertiary/aromatic N) is 3. The van der Waals surface area contributed by atoms with Crippen molar-refractivity contribution in [1.82, 2.24) is 9.08 Å². The van der Waals surface area contributed by atoms with E-state index in [1.54, 1.807) is 4.90 Å². The lowest BCUT2D eigenvalue weighted by Crippen LogP contribution is -2.44. The molecule has 2 aromatic heterocycles. The van der Waals surface area contributed by atoms with Crippen molar-refractivity contribution in [2.75, 3.05) is 30.9 Å². The Labute approximate surface area is 164 Å². The van der Waals surface area contributed by atoms with E-state index in [1.807, 2.05) is 0 Å². The molecule has 2 saturated carbocycles. The molecule has 8 nitrogen and oxygen atoms in total. The molecule has 4 N–H and O–H groups in total. The summed E-state index contributed by atoms with van der Waals surface area (Å²) in [6, 6.07) is 0.